The number of rotatable bonds is 1. The standard InChI is InChI=1S/C11H17BrN2O/c1-10(2)7-8(11(3,4)15-10)14-6-5-9(12)13-14/h5-6,8H,7H2,1-4H3. The molecule has 4 heteroatoms. The van der Waals surface area contributed by atoms with Gasteiger partial charge >= 0.3 is 0 Å². The van der Waals surface area contributed by atoms with Gasteiger partial charge in [-0.05, 0) is 49.7 Å². The number of hydrogen-bond acceptors (Lipinski definition) is 2. The Morgan fingerprint density at radius 2 is 2.13 bits per heavy atom. The normalized spacial score (nSPS) is 28.2. The van der Waals surface area contributed by atoms with Crippen LogP contribution in [0.2, 0.25) is 0 Å². The topological polar surface area (TPSA) is 27.1 Å². The Hall–Kier alpha value is -0.350. The fourth-order valence-electron chi connectivity index (χ4n) is 2.43. The molecule has 1 aromatic rings. The highest BCUT2D eigenvalue weighted by Crippen LogP contribution is 2.44. The third-order valence-electron chi connectivity index (χ3n) is 2.92. The van der Waals surface area contributed by atoms with Crippen molar-refractivity contribution in [3.8, 4) is 0 Å². The van der Waals surface area contributed by atoms with Crippen LogP contribution in [0, 0.1) is 0 Å². The molecule has 1 aliphatic heterocycles. The van der Waals surface area contributed by atoms with Crippen molar-refractivity contribution in [2.24, 2.45) is 0 Å². The van der Waals surface area contributed by atoms with Gasteiger partial charge in [-0.3, -0.25) is 4.68 Å². The largest absolute Gasteiger partial charge is 0.367 e. The van der Waals surface area contributed by atoms with Gasteiger partial charge in [-0.15, -0.1) is 0 Å². The predicted molar refractivity (Wildman–Crippen MR) is 62.8 cm³/mol. The summed E-state index contributed by atoms with van der Waals surface area (Å²) in [4.78, 5) is 0. The highest BCUT2D eigenvalue weighted by Gasteiger charge is 2.47. The van der Waals surface area contributed by atoms with E-state index in [1.807, 2.05) is 16.9 Å². The van der Waals surface area contributed by atoms with E-state index in [-0.39, 0.29) is 11.2 Å². The molecule has 1 aliphatic rings. The minimum absolute atomic E-state index is 0.0629. The minimum atomic E-state index is -0.158. The van der Waals surface area contributed by atoms with Gasteiger partial charge < -0.3 is 4.74 Å². The molecule has 0 amide bonds. The third kappa shape index (κ3) is 2.11. The fourth-order valence-corrected chi connectivity index (χ4v) is 2.74. The maximum absolute atomic E-state index is 6.04. The van der Waals surface area contributed by atoms with Gasteiger partial charge in [0.05, 0.1) is 17.2 Å². The van der Waals surface area contributed by atoms with Crippen LogP contribution in [0.1, 0.15) is 40.2 Å². The van der Waals surface area contributed by atoms with Gasteiger partial charge in [0.25, 0.3) is 0 Å². The van der Waals surface area contributed by atoms with Crippen molar-refractivity contribution in [3.63, 3.8) is 0 Å². The Balaban J connectivity index is 2.30. The van der Waals surface area contributed by atoms with Crippen LogP contribution in [0.15, 0.2) is 16.9 Å². The molecule has 1 atom stereocenters. The number of halogens is 1. The summed E-state index contributed by atoms with van der Waals surface area (Å²) in [7, 11) is 0. The molecule has 0 saturated carbocycles. The summed E-state index contributed by atoms with van der Waals surface area (Å²) in [6, 6.07) is 2.26. The maximum atomic E-state index is 6.04. The van der Waals surface area contributed by atoms with Gasteiger partial charge in [-0.1, -0.05) is 0 Å². The summed E-state index contributed by atoms with van der Waals surface area (Å²) in [5.41, 5.74) is -0.221. The molecule has 0 aromatic carbocycles. The van der Waals surface area contributed by atoms with E-state index < -0.39 is 0 Å². The van der Waals surface area contributed by atoms with Gasteiger partial charge in [-0.25, -0.2) is 0 Å². The summed E-state index contributed by atoms with van der Waals surface area (Å²) in [6.07, 6.45) is 3.00. The van der Waals surface area contributed by atoms with Crippen LogP contribution in [0.25, 0.3) is 0 Å². The first-order chi connectivity index (χ1) is 6.80. The summed E-state index contributed by atoms with van der Waals surface area (Å²) in [5, 5.41) is 4.41. The van der Waals surface area contributed by atoms with E-state index in [4.69, 9.17) is 4.74 Å². The van der Waals surface area contributed by atoms with Gasteiger partial charge in [0.15, 0.2) is 0 Å². The molecule has 1 fully saturated rings. The van der Waals surface area contributed by atoms with E-state index >= 15 is 0 Å². The zero-order chi connectivity index (χ0) is 11.3. The van der Waals surface area contributed by atoms with Gasteiger partial charge in [-0.2, -0.15) is 5.10 Å². The lowest BCUT2D eigenvalue weighted by Gasteiger charge is -2.27. The maximum Gasteiger partial charge on any atom is 0.128 e. The van der Waals surface area contributed by atoms with Crippen molar-refractivity contribution in [2.45, 2.75) is 51.4 Å². The summed E-state index contributed by atoms with van der Waals surface area (Å²) in [6.45, 7) is 8.52. The minimum Gasteiger partial charge on any atom is -0.367 e. The molecule has 2 heterocycles. The number of aromatic nitrogens is 2. The lowest BCUT2D eigenvalue weighted by Crippen LogP contribution is -2.31. The van der Waals surface area contributed by atoms with E-state index in [1.54, 1.807) is 0 Å². The zero-order valence-corrected chi connectivity index (χ0v) is 11.2. The van der Waals surface area contributed by atoms with Crippen LogP contribution in [0.4, 0.5) is 0 Å². The monoisotopic (exact) mass is 272 g/mol. The highest BCUT2D eigenvalue weighted by molar-refractivity contribution is 9.10. The van der Waals surface area contributed by atoms with Crippen LogP contribution in [-0.2, 0) is 4.74 Å². The summed E-state index contributed by atoms with van der Waals surface area (Å²) < 4.78 is 8.91. The fraction of sp³-hybridized carbons (Fsp3) is 0.727. The van der Waals surface area contributed by atoms with Crippen molar-refractivity contribution in [3.05, 3.63) is 16.9 Å². The molecular weight excluding hydrogens is 256 g/mol. The first kappa shape index (κ1) is 11.1. The average molecular weight is 273 g/mol. The van der Waals surface area contributed by atoms with E-state index in [1.165, 1.54) is 0 Å². The Morgan fingerprint density at radius 1 is 1.47 bits per heavy atom. The molecule has 2 rings (SSSR count). The Bertz CT molecular complexity index is 370. The molecule has 0 aliphatic carbocycles. The van der Waals surface area contributed by atoms with Gasteiger partial charge in [0, 0.05) is 12.6 Å². The molecular formula is C11H17BrN2O. The lowest BCUT2D eigenvalue weighted by atomic mass is 9.95. The smallest absolute Gasteiger partial charge is 0.128 e. The molecule has 0 radical (unpaired) electrons. The zero-order valence-electron chi connectivity index (χ0n) is 9.62. The molecule has 0 spiro atoms. The van der Waals surface area contributed by atoms with E-state index in [2.05, 4.69) is 48.7 Å². The average Bonchev–Trinajstić information content (AvgIpc) is 2.52. The summed E-state index contributed by atoms with van der Waals surface area (Å²) >= 11 is 3.37. The first-order valence-corrected chi connectivity index (χ1v) is 6.00. The first-order valence-electron chi connectivity index (χ1n) is 5.21. The molecule has 0 bridgehead atoms. The van der Waals surface area contributed by atoms with Crippen LogP contribution in [-0.4, -0.2) is 21.0 Å². The molecule has 1 saturated heterocycles. The van der Waals surface area contributed by atoms with Crippen LogP contribution in [0.3, 0.4) is 0 Å². The lowest BCUT2D eigenvalue weighted by molar-refractivity contribution is -0.0737. The number of hydrogen-bond donors (Lipinski definition) is 0. The Labute approximate surface area is 98.9 Å². The van der Waals surface area contributed by atoms with Crippen molar-refractivity contribution < 1.29 is 4.74 Å². The molecule has 1 aromatic heterocycles. The molecule has 0 N–H and O–H groups in total. The van der Waals surface area contributed by atoms with Crippen molar-refractivity contribution >= 4 is 15.9 Å². The van der Waals surface area contributed by atoms with E-state index in [9.17, 15) is 0 Å². The Kier molecular flexibility index (Phi) is 2.47. The highest BCUT2D eigenvalue weighted by atomic mass is 79.9. The van der Waals surface area contributed by atoms with Crippen LogP contribution >= 0.6 is 15.9 Å². The molecule has 1 unspecified atom stereocenters. The van der Waals surface area contributed by atoms with E-state index in [0.29, 0.717) is 6.04 Å². The molecule has 3 nitrogen and oxygen atoms in total. The molecule has 15 heavy (non-hydrogen) atoms. The summed E-state index contributed by atoms with van der Waals surface area (Å²) in [5.74, 6) is 0. The van der Waals surface area contributed by atoms with Crippen molar-refractivity contribution in [2.75, 3.05) is 0 Å². The SMILES string of the molecule is CC1(C)CC(n2ccc(Br)n2)C(C)(C)O1. The second kappa shape index (κ2) is 3.32. The number of ether oxygens (including phenoxy) is 1. The van der Waals surface area contributed by atoms with Crippen molar-refractivity contribution in [1.29, 1.82) is 0 Å². The quantitative estimate of drug-likeness (QED) is 0.785. The number of nitrogens with zero attached hydrogens (tertiary/aromatic N) is 2. The van der Waals surface area contributed by atoms with Gasteiger partial charge in [0.2, 0.25) is 0 Å². The van der Waals surface area contributed by atoms with Crippen molar-refractivity contribution in [1.82, 2.24) is 9.78 Å². The molecule has 84 valence electrons. The third-order valence-corrected chi connectivity index (χ3v) is 3.34. The van der Waals surface area contributed by atoms with Gasteiger partial charge in [0.1, 0.15) is 4.60 Å². The Morgan fingerprint density at radius 3 is 2.53 bits per heavy atom. The predicted octanol–water partition coefficient (Wildman–Crippen LogP) is 3.16. The second-order valence-electron chi connectivity index (χ2n) is 5.30. The van der Waals surface area contributed by atoms with Crippen LogP contribution < -0.4 is 0 Å². The second-order valence-corrected chi connectivity index (χ2v) is 6.12. The van der Waals surface area contributed by atoms with Crippen LogP contribution in [0.5, 0.6) is 0 Å². The van der Waals surface area contributed by atoms with E-state index in [0.717, 1.165) is 11.0 Å².